The summed E-state index contributed by atoms with van der Waals surface area (Å²) >= 11 is 3.11. The van der Waals surface area contributed by atoms with Crippen molar-refractivity contribution in [2.45, 2.75) is 6.92 Å². The smallest absolute Gasteiger partial charge is 0.272 e. The van der Waals surface area contributed by atoms with Crippen LogP contribution in [0.3, 0.4) is 0 Å². The highest BCUT2D eigenvalue weighted by Gasteiger charge is 2.15. The third-order valence-electron chi connectivity index (χ3n) is 3.19. The number of methoxy groups -OCH3 is 1. The van der Waals surface area contributed by atoms with Crippen LogP contribution in [0.2, 0.25) is 0 Å². The van der Waals surface area contributed by atoms with Gasteiger partial charge in [0.1, 0.15) is 5.82 Å². The molecule has 8 heteroatoms. The van der Waals surface area contributed by atoms with Crippen molar-refractivity contribution in [3.63, 3.8) is 0 Å². The molecule has 0 aliphatic carbocycles. The molecule has 132 valence electrons. The average molecular weight is 411 g/mol. The van der Waals surface area contributed by atoms with Crippen LogP contribution < -0.4 is 20.3 Å². The van der Waals surface area contributed by atoms with E-state index in [4.69, 9.17) is 9.47 Å². The maximum Gasteiger partial charge on any atom is 0.272 e. The molecule has 2 aromatic rings. The molecule has 0 aliphatic heterocycles. The van der Waals surface area contributed by atoms with Crippen molar-refractivity contribution in [1.29, 1.82) is 0 Å². The van der Waals surface area contributed by atoms with Crippen LogP contribution in [0.4, 0.5) is 4.39 Å². The number of rotatable bonds is 5. The maximum absolute atomic E-state index is 13.7. The molecule has 25 heavy (non-hydrogen) atoms. The Kier molecular flexibility index (Phi) is 6.35. The van der Waals surface area contributed by atoms with E-state index in [2.05, 4.69) is 26.8 Å². The number of benzene rings is 2. The summed E-state index contributed by atoms with van der Waals surface area (Å²) < 4.78 is 24.8. The molecule has 0 saturated heterocycles. The van der Waals surface area contributed by atoms with E-state index in [9.17, 15) is 14.0 Å². The first kappa shape index (κ1) is 18.7. The molecule has 2 rings (SSSR count). The lowest BCUT2D eigenvalue weighted by Gasteiger charge is -2.12. The van der Waals surface area contributed by atoms with E-state index in [1.54, 1.807) is 6.07 Å². The fourth-order valence-corrected chi connectivity index (χ4v) is 2.34. The van der Waals surface area contributed by atoms with Gasteiger partial charge in [0.25, 0.3) is 11.8 Å². The van der Waals surface area contributed by atoms with Crippen molar-refractivity contribution in [1.82, 2.24) is 10.9 Å². The van der Waals surface area contributed by atoms with Crippen LogP contribution in [-0.2, 0) is 0 Å². The standard InChI is InChI=1S/C17H16BrFN2O4/c1-3-25-14-7-4-10(8-15(14)24-2)16(22)20-21-17(23)12-6-5-11(18)9-13(12)19/h4-9H,3H2,1-2H3,(H,20,22)(H,21,23). The van der Waals surface area contributed by atoms with Crippen molar-refractivity contribution >= 4 is 27.7 Å². The molecule has 0 unspecified atom stereocenters. The van der Waals surface area contributed by atoms with Crippen LogP contribution >= 0.6 is 15.9 Å². The van der Waals surface area contributed by atoms with E-state index in [0.29, 0.717) is 22.6 Å². The number of hydrogen-bond donors (Lipinski definition) is 2. The molecule has 0 saturated carbocycles. The zero-order chi connectivity index (χ0) is 18.4. The second-order valence-electron chi connectivity index (χ2n) is 4.83. The summed E-state index contributed by atoms with van der Waals surface area (Å²) in [6.07, 6.45) is 0. The van der Waals surface area contributed by atoms with Gasteiger partial charge < -0.3 is 9.47 Å². The first-order chi connectivity index (χ1) is 12.0. The van der Waals surface area contributed by atoms with Crippen molar-refractivity contribution in [3.8, 4) is 11.5 Å². The molecule has 0 radical (unpaired) electrons. The zero-order valence-electron chi connectivity index (χ0n) is 13.6. The van der Waals surface area contributed by atoms with E-state index in [-0.39, 0.29) is 11.1 Å². The fourth-order valence-electron chi connectivity index (χ4n) is 2.01. The monoisotopic (exact) mass is 410 g/mol. The fraction of sp³-hybridized carbons (Fsp3) is 0.176. The van der Waals surface area contributed by atoms with Gasteiger partial charge in [-0.3, -0.25) is 20.4 Å². The quantitative estimate of drug-likeness (QED) is 0.742. The normalized spacial score (nSPS) is 10.1. The maximum atomic E-state index is 13.7. The van der Waals surface area contributed by atoms with Crippen molar-refractivity contribution in [2.75, 3.05) is 13.7 Å². The second-order valence-corrected chi connectivity index (χ2v) is 5.75. The van der Waals surface area contributed by atoms with Crippen LogP contribution in [-0.4, -0.2) is 25.5 Å². The average Bonchev–Trinajstić information content (AvgIpc) is 2.60. The van der Waals surface area contributed by atoms with Gasteiger partial charge in [-0.05, 0) is 43.3 Å². The van der Waals surface area contributed by atoms with E-state index >= 15 is 0 Å². The summed E-state index contributed by atoms with van der Waals surface area (Å²) in [4.78, 5) is 24.1. The van der Waals surface area contributed by atoms with E-state index in [1.807, 2.05) is 6.92 Å². The van der Waals surface area contributed by atoms with Gasteiger partial charge in [0.2, 0.25) is 0 Å². The summed E-state index contributed by atoms with van der Waals surface area (Å²) in [6, 6.07) is 8.58. The number of amides is 2. The lowest BCUT2D eigenvalue weighted by molar-refractivity contribution is 0.0844. The molecule has 0 spiro atoms. The number of carbonyl (C=O) groups excluding carboxylic acids is 2. The van der Waals surface area contributed by atoms with Gasteiger partial charge in [-0.25, -0.2) is 4.39 Å². The third kappa shape index (κ3) is 4.69. The highest BCUT2D eigenvalue weighted by atomic mass is 79.9. The Bertz CT molecular complexity index is 798. The van der Waals surface area contributed by atoms with Crippen molar-refractivity contribution < 1.29 is 23.5 Å². The molecular formula is C17H16BrFN2O4. The lowest BCUT2D eigenvalue weighted by Crippen LogP contribution is -2.41. The van der Waals surface area contributed by atoms with Crippen LogP contribution in [0, 0.1) is 5.82 Å². The van der Waals surface area contributed by atoms with Crippen LogP contribution in [0.5, 0.6) is 11.5 Å². The third-order valence-corrected chi connectivity index (χ3v) is 3.68. The molecule has 2 aromatic carbocycles. The lowest BCUT2D eigenvalue weighted by atomic mass is 10.2. The largest absolute Gasteiger partial charge is 0.493 e. The molecule has 0 aromatic heterocycles. The predicted octanol–water partition coefficient (Wildman–Crippen LogP) is 3.07. The second kappa shape index (κ2) is 8.48. The Labute approximate surface area is 152 Å². The summed E-state index contributed by atoms with van der Waals surface area (Å²) in [7, 11) is 1.46. The van der Waals surface area contributed by atoms with Gasteiger partial charge in [-0.1, -0.05) is 15.9 Å². The highest BCUT2D eigenvalue weighted by Crippen LogP contribution is 2.27. The molecule has 0 bridgehead atoms. The minimum Gasteiger partial charge on any atom is -0.493 e. The Morgan fingerprint density at radius 2 is 1.80 bits per heavy atom. The number of nitrogens with one attached hydrogen (secondary N) is 2. The van der Waals surface area contributed by atoms with Gasteiger partial charge in [0.05, 0.1) is 19.3 Å². The topological polar surface area (TPSA) is 76.7 Å². The van der Waals surface area contributed by atoms with Crippen molar-refractivity contribution in [2.24, 2.45) is 0 Å². The first-order valence-electron chi connectivity index (χ1n) is 7.32. The Balaban J connectivity index is 2.05. The summed E-state index contributed by atoms with van der Waals surface area (Å²) in [5.74, 6) is -1.16. The molecule has 2 amide bonds. The number of hydrogen-bond acceptors (Lipinski definition) is 4. The van der Waals surface area contributed by atoms with Crippen LogP contribution in [0.15, 0.2) is 40.9 Å². The first-order valence-corrected chi connectivity index (χ1v) is 8.12. The number of hydrazine groups is 1. The number of ether oxygens (including phenoxy) is 2. The molecule has 0 heterocycles. The van der Waals surface area contributed by atoms with E-state index in [0.717, 1.165) is 6.07 Å². The SMILES string of the molecule is CCOc1ccc(C(=O)NNC(=O)c2ccc(Br)cc2F)cc1OC. The molecular weight excluding hydrogens is 395 g/mol. The van der Waals surface area contributed by atoms with E-state index < -0.39 is 17.6 Å². The van der Waals surface area contributed by atoms with Crippen LogP contribution in [0.1, 0.15) is 27.6 Å². The molecule has 0 aliphatic rings. The van der Waals surface area contributed by atoms with Crippen molar-refractivity contribution in [3.05, 3.63) is 57.8 Å². The highest BCUT2D eigenvalue weighted by molar-refractivity contribution is 9.10. The van der Waals surface area contributed by atoms with Gasteiger partial charge in [0, 0.05) is 10.0 Å². The predicted molar refractivity (Wildman–Crippen MR) is 93.2 cm³/mol. The summed E-state index contributed by atoms with van der Waals surface area (Å²) in [5, 5.41) is 0. The zero-order valence-corrected chi connectivity index (χ0v) is 15.1. The Hall–Kier alpha value is -2.61. The van der Waals surface area contributed by atoms with Gasteiger partial charge in [0.15, 0.2) is 11.5 Å². The minimum absolute atomic E-state index is 0.187. The van der Waals surface area contributed by atoms with Gasteiger partial charge in [-0.15, -0.1) is 0 Å². The minimum atomic E-state index is -0.767. The number of halogens is 2. The molecule has 0 atom stereocenters. The molecule has 2 N–H and O–H groups in total. The van der Waals surface area contributed by atoms with Gasteiger partial charge >= 0.3 is 0 Å². The summed E-state index contributed by atoms with van der Waals surface area (Å²) in [6.45, 7) is 2.29. The summed E-state index contributed by atoms with van der Waals surface area (Å²) in [5.41, 5.74) is 4.46. The number of carbonyl (C=O) groups is 2. The van der Waals surface area contributed by atoms with Crippen LogP contribution in [0.25, 0.3) is 0 Å². The van der Waals surface area contributed by atoms with E-state index in [1.165, 1.54) is 31.4 Å². The molecule has 6 nitrogen and oxygen atoms in total. The van der Waals surface area contributed by atoms with Gasteiger partial charge in [-0.2, -0.15) is 0 Å². The Morgan fingerprint density at radius 1 is 1.08 bits per heavy atom. The molecule has 0 fully saturated rings. The Morgan fingerprint density at radius 3 is 2.44 bits per heavy atom.